The minimum atomic E-state index is 0.265. The first-order chi connectivity index (χ1) is 8.69. The van der Waals surface area contributed by atoms with Crippen molar-refractivity contribution in [2.45, 2.75) is 26.3 Å². The summed E-state index contributed by atoms with van der Waals surface area (Å²) < 4.78 is 5.49. The Hall–Kier alpha value is -1.39. The molecule has 2 aromatic rings. The van der Waals surface area contributed by atoms with Gasteiger partial charge in [-0.2, -0.15) is 0 Å². The van der Waals surface area contributed by atoms with Crippen LogP contribution >= 0.6 is 0 Å². The number of aryl methyl sites for hydroxylation is 1. The fourth-order valence-electron chi connectivity index (χ4n) is 2.47. The number of hydrogen-bond acceptors (Lipinski definition) is 4. The van der Waals surface area contributed by atoms with E-state index in [0.29, 0.717) is 18.4 Å². The number of oxazole rings is 1. The molecule has 3 N–H and O–H groups in total. The van der Waals surface area contributed by atoms with E-state index in [1.54, 1.807) is 0 Å². The highest BCUT2D eigenvalue weighted by atomic mass is 16.3. The lowest BCUT2D eigenvalue weighted by molar-refractivity contribution is 0.378. The summed E-state index contributed by atoms with van der Waals surface area (Å²) >= 11 is 0. The zero-order valence-corrected chi connectivity index (χ0v) is 11.2. The summed E-state index contributed by atoms with van der Waals surface area (Å²) in [5.41, 5.74) is 8.81. The molecule has 98 valence electrons. The van der Waals surface area contributed by atoms with Gasteiger partial charge in [-0.25, -0.2) is 4.98 Å². The predicted molar refractivity (Wildman–Crippen MR) is 73.4 cm³/mol. The molecule has 4 heteroatoms. The van der Waals surface area contributed by atoms with E-state index in [1.807, 2.05) is 20.0 Å². The average Bonchev–Trinajstić information content (AvgIpc) is 2.74. The van der Waals surface area contributed by atoms with Crippen LogP contribution in [0, 0.1) is 12.8 Å². The van der Waals surface area contributed by atoms with Crippen molar-refractivity contribution in [3.05, 3.63) is 29.7 Å². The zero-order chi connectivity index (χ0) is 13.1. The lowest BCUT2D eigenvalue weighted by Crippen LogP contribution is -2.30. The number of fused-ring (bicyclic) bond motifs is 1. The van der Waals surface area contributed by atoms with Gasteiger partial charge in [-0.3, -0.25) is 0 Å². The monoisotopic (exact) mass is 247 g/mol. The van der Waals surface area contributed by atoms with E-state index in [4.69, 9.17) is 10.2 Å². The van der Waals surface area contributed by atoms with Crippen LogP contribution in [0.5, 0.6) is 0 Å². The summed E-state index contributed by atoms with van der Waals surface area (Å²) in [6, 6.07) is 6.43. The van der Waals surface area contributed by atoms with Gasteiger partial charge in [0.1, 0.15) is 5.52 Å². The molecule has 2 rings (SSSR count). The van der Waals surface area contributed by atoms with Crippen LogP contribution in [-0.4, -0.2) is 18.6 Å². The second-order valence-electron chi connectivity index (χ2n) is 4.63. The molecule has 0 bridgehead atoms. The molecule has 0 fully saturated rings. The SMILES string of the molecule is CCC(CN)C(NC)c1ccc2oc(C)nc2c1. The van der Waals surface area contributed by atoms with Crippen molar-refractivity contribution in [2.24, 2.45) is 11.7 Å². The zero-order valence-electron chi connectivity index (χ0n) is 11.2. The van der Waals surface area contributed by atoms with Crippen LogP contribution in [0.1, 0.15) is 30.8 Å². The maximum atomic E-state index is 5.84. The molecule has 0 aliphatic carbocycles. The number of rotatable bonds is 5. The van der Waals surface area contributed by atoms with E-state index in [9.17, 15) is 0 Å². The van der Waals surface area contributed by atoms with E-state index in [0.717, 1.165) is 17.5 Å². The number of aromatic nitrogens is 1. The molecule has 1 heterocycles. The van der Waals surface area contributed by atoms with E-state index in [-0.39, 0.29) is 6.04 Å². The predicted octanol–water partition coefficient (Wildman–Crippen LogP) is 2.38. The van der Waals surface area contributed by atoms with Crippen molar-refractivity contribution in [1.82, 2.24) is 10.3 Å². The van der Waals surface area contributed by atoms with Gasteiger partial charge in [0.2, 0.25) is 0 Å². The van der Waals surface area contributed by atoms with Crippen molar-refractivity contribution >= 4 is 11.1 Å². The molecule has 0 amide bonds. The molecule has 0 aliphatic rings. The van der Waals surface area contributed by atoms with Gasteiger partial charge in [0.25, 0.3) is 0 Å². The second-order valence-corrected chi connectivity index (χ2v) is 4.63. The highest BCUT2D eigenvalue weighted by Gasteiger charge is 2.19. The van der Waals surface area contributed by atoms with Crippen LogP contribution < -0.4 is 11.1 Å². The first-order valence-corrected chi connectivity index (χ1v) is 6.44. The standard InChI is InChI=1S/C14H21N3O/c1-4-10(8-15)14(16-3)11-5-6-13-12(7-11)17-9(2)18-13/h5-7,10,14,16H,4,8,15H2,1-3H3. The molecule has 0 aliphatic heterocycles. The number of hydrogen-bond donors (Lipinski definition) is 2. The van der Waals surface area contributed by atoms with Gasteiger partial charge >= 0.3 is 0 Å². The van der Waals surface area contributed by atoms with E-state index >= 15 is 0 Å². The van der Waals surface area contributed by atoms with Crippen molar-refractivity contribution in [3.63, 3.8) is 0 Å². The number of nitrogens with one attached hydrogen (secondary N) is 1. The molecular weight excluding hydrogens is 226 g/mol. The Morgan fingerprint density at radius 1 is 1.44 bits per heavy atom. The Bertz CT molecular complexity index is 517. The number of nitrogens with two attached hydrogens (primary N) is 1. The molecule has 2 unspecified atom stereocenters. The first-order valence-electron chi connectivity index (χ1n) is 6.44. The molecule has 18 heavy (non-hydrogen) atoms. The normalized spacial score (nSPS) is 14.9. The highest BCUT2D eigenvalue weighted by Crippen LogP contribution is 2.26. The number of nitrogens with zero attached hydrogens (tertiary/aromatic N) is 1. The van der Waals surface area contributed by atoms with Crippen LogP contribution in [0.25, 0.3) is 11.1 Å². The fourth-order valence-corrected chi connectivity index (χ4v) is 2.47. The maximum Gasteiger partial charge on any atom is 0.192 e. The van der Waals surface area contributed by atoms with Crippen LogP contribution in [0.4, 0.5) is 0 Å². The lowest BCUT2D eigenvalue weighted by atomic mass is 9.91. The molecule has 4 nitrogen and oxygen atoms in total. The van der Waals surface area contributed by atoms with Gasteiger partial charge in [0.15, 0.2) is 11.5 Å². The van der Waals surface area contributed by atoms with Crippen molar-refractivity contribution < 1.29 is 4.42 Å². The highest BCUT2D eigenvalue weighted by molar-refractivity contribution is 5.73. The second kappa shape index (κ2) is 5.50. The molecule has 0 spiro atoms. The van der Waals surface area contributed by atoms with E-state index in [1.165, 1.54) is 5.56 Å². The van der Waals surface area contributed by atoms with Crippen LogP contribution in [0.15, 0.2) is 22.6 Å². The lowest BCUT2D eigenvalue weighted by Gasteiger charge is -2.25. The maximum absolute atomic E-state index is 5.84. The molecule has 1 aromatic carbocycles. The van der Waals surface area contributed by atoms with Crippen LogP contribution in [0.2, 0.25) is 0 Å². The van der Waals surface area contributed by atoms with Crippen LogP contribution in [-0.2, 0) is 0 Å². The summed E-state index contributed by atoms with van der Waals surface area (Å²) in [4.78, 5) is 4.38. The van der Waals surface area contributed by atoms with Gasteiger partial charge in [-0.1, -0.05) is 19.4 Å². The van der Waals surface area contributed by atoms with E-state index in [2.05, 4.69) is 29.4 Å². The summed E-state index contributed by atoms with van der Waals surface area (Å²) in [5, 5.41) is 3.35. The smallest absolute Gasteiger partial charge is 0.192 e. The van der Waals surface area contributed by atoms with Gasteiger partial charge in [-0.05, 0) is 37.2 Å². The first kappa shape index (κ1) is 13.1. The Balaban J connectivity index is 2.38. The molecule has 0 radical (unpaired) electrons. The van der Waals surface area contributed by atoms with Gasteiger partial charge in [0.05, 0.1) is 0 Å². The summed E-state index contributed by atoms with van der Waals surface area (Å²) in [5.74, 6) is 1.13. The minimum Gasteiger partial charge on any atom is -0.441 e. The summed E-state index contributed by atoms with van der Waals surface area (Å²) in [6.07, 6.45) is 1.05. The Morgan fingerprint density at radius 2 is 2.22 bits per heavy atom. The Morgan fingerprint density at radius 3 is 2.83 bits per heavy atom. The van der Waals surface area contributed by atoms with E-state index < -0.39 is 0 Å². The Kier molecular flexibility index (Phi) is 3.99. The number of benzene rings is 1. The van der Waals surface area contributed by atoms with Crippen molar-refractivity contribution in [3.8, 4) is 0 Å². The fraction of sp³-hybridized carbons (Fsp3) is 0.500. The molecule has 0 saturated carbocycles. The minimum absolute atomic E-state index is 0.265. The van der Waals surface area contributed by atoms with Gasteiger partial charge < -0.3 is 15.5 Å². The average molecular weight is 247 g/mol. The van der Waals surface area contributed by atoms with Gasteiger partial charge in [-0.15, -0.1) is 0 Å². The van der Waals surface area contributed by atoms with Crippen molar-refractivity contribution in [2.75, 3.05) is 13.6 Å². The Labute approximate surface area is 108 Å². The van der Waals surface area contributed by atoms with Crippen molar-refractivity contribution in [1.29, 1.82) is 0 Å². The summed E-state index contributed by atoms with van der Waals surface area (Å²) in [7, 11) is 1.97. The molecule has 1 aromatic heterocycles. The van der Waals surface area contributed by atoms with Crippen LogP contribution in [0.3, 0.4) is 0 Å². The third-order valence-corrected chi connectivity index (χ3v) is 3.49. The quantitative estimate of drug-likeness (QED) is 0.851. The largest absolute Gasteiger partial charge is 0.441 e. The topological polar surface area (TPSA) is 64.1 Å². The molecule has 0 saturated heterocycles. The summed E-state index contributed by atoms with van der Waals surface area (Å²) in [6.45, 7) is 4.71. The van der Waals surface area contributed by atoms with Gasteiger partial charge in [0, 0.05) is 13.0 Å². The third kappa shape index (κ3) is 2.40. The molecular formula is C14H21N3O. The third-order valence-electron chi connectivity index (χ3n) is 3.49. The molecule has 2 atom stereocenters.